The van der Waals surface area contributed by atoms with E-state index >= 15 is 0 Å². The van der Waals surface area contributed by atoms with Crippen molar-refractivity contribution in [1.29, 1.82) is 0 Å². The first-order valence-corrected chi connectivity index (χ1v) is 25.3. The van der Waals surface area contributed by atoms with E-state index in [1.54, 1.807) is 0 Å². The lowest BCUT2D eigenvalue weighted by molar-refractivity contribution is -0.154. The Morgan fingerprint density at radius 2 is 0.947 bits per heavy atom. The first kappa shape index (κ1) is 55.9. The molecule has 0 fully saturated rings. The lowest BCUT2D eigenvalue weighted by Crippen LogP contribution is -2.29. The fourth-order valence-electron chi connectivity index (χ4n) is 6.74. The first-order chi connectivity index (χ1) is 27.8. The molecule has 3 N–H and O–H groups in total. The van der Waals surface area contributed by atoms with Crippen molar-refractivity contribution in [2.24, 2.45) is 0 Å². The van der Waals surface area contributed by atoms with E-state index in [0.29, 0.717) is 6.61 Å². The normalized spacial score (nSPS) is 14.1. The molecule has 0 radical (unpaired) electrons. The van der Waals surface area contributed by atoms with Crippen LogP contribution in [-0.4, -0.2) is 66.3 Å². The van der Waals surface area contributed by atoms with Gasteiger partial charge in [-0.2, -0.15) is 0 Å². The van der Waals surface area contributed by atoms with E-state index in [0.717, 1.165) is 44.9 Å². The number of carbonyl (C=O) groups excluding carboxylic acids is 1. The van der Waals surface area contributed by atoms with Crippen molar-refractivity contribution >= 4 is 13.8 Å². The second-order valence-electron chi connectivity index (χ2n) is 16.1. The lowest BCUT2D eigenvalue weighted by atomic mass is 10.0. The Kier molecular flexibility index (Phi) is 43.7. The molecule has 0 bridgehead atoms. The van der Waals surface area contributed by atoms with Crippen LogP contribution in [0.2, 0.25) is 0 Å². The molecule has 0 rings (SSSR count). The second kappa shape index (κ2) is 44.5. The van der Waals surface area contributed by atoms with Gasteiger partial charge in [-0.25, -0.2) is 4.57 Å². The molecule has 0 saturated carbocycles. The molecule has 3 unspecified atom stereocenters. The SMILES string of the molecule is CCCCCCC/C=C\C/C=C\CCCCCCCCCCCCOCC(COP(=O)(O)OCC(O)CO)OC(=O)CCCCCCCCCCCCCCCC. The minimum Gasteiger partial charge on any atom is -0.457 e. The zero-order valence-corrected chi connectivity index (χ0v) is 38.0. The third kappa shape index (κ3) is 44.3. The van der Waals surface area contributed by atoms with Crippen LogP contribution in [0.3, 0.4) is 0 Å². The smallest absolute Gasteiger partial charge is 0.457 e. The molecular formula is C47H91O9P. The molecular weight excluding hydrogens is 739 g/mol. The fraction of sp³-hybridized carbons (Fsp3) is 0.894. The summed E-state index contributed by atoms with van der Waals surface area (Å²) in [5, 5.41) is 18.4. The minimum atomic E-state index is -4.52. The quantitative estimate of drug-likeness (QED) is 0.0237. The average molecular weight is 831 g/mol. The molecule has 338 valence electrons. The molecule has 0 saturated heterocycles. The maximum Gasteiger partial charge on any atom is 0.472 e. The summed E-state index contributed by atoms with van der Waals surface area (Å²) < 4.78 is 33.4. The number of phosphoric acid groups is 1. The summed E-state index contributed by atoms with van der Waals surface area (Å²) >= 11 is 0. The Labute approximate surface area is 351 Å². The Balaban J connectivity index is 4.07. The van der Waals surface area contributed by atoms with Crippen LogP contribution in [0, 0.1) is 0 Å². The van der Waals surface area contributed by atoms with E-state index in [4.69, 9.17) is 23.6 Å². The van der Waals surface area contributed by atoms with Gasteiger partial charge in [-0.05, 0) is 44.9 Å². The van der Waals surface area contributed by atoms with Gasteiger partial charge in [0.2, 0.25) is 0 Å². The zero-order chi connectivity index (χ0) is 41.8. The van der Waals surface area contributed by atoms with E-state index in [2.05, 4.69) is 38.2 Å². The molecule has 9 nitrogen and oxygen atoms in total. The summed E-state index contributed by atoms with van der Waals surface area (Å²) in [7, 11) is -4.52. The zero-order valence-electron chi connectivity index (χ0n) is 37.1. The van der Waals surface area contributed by atoms with Gasteiger partial charge in [0.25, 0.3) is 0 Å². The number of hydrogen-bond acceptors (Lipinski definition) is 8. The van der Waals surface area contributed by atoms with E-state index in [1.807, 2.05) is 0 Å². The largest absolute Gasteiger partial charge is 0.472 e. The van der Waals surface area contributed by atoms with Gasteiger partial charge in [0.1, 0.15) is 12.2 Å². The van der Waals surface area contributed by atoms with Crippen LogP contribution in [-0.2, 0) is 27.9 Å². The van der Waals surface area contributed by atoms with Crippen LogP contribution >= 0.6 is 7.82 Å². The molecule has 0 aliphatic rings. The summed E-state index contributed by atoms with van der Waals surface area (Å²) in [5.74, 6) is -0.380. The molecule has 10 heteroatoms. The molecule has 0 amide bonds. The molecule has 0 aliphatic carbocycles. The van der Waals surface area contributed by atoms with Crippen molar-refractivity contribution in [3.05, 3.63) is 24.3 Å². The van der Waals surface area contributed by atoms with E-state index in [9.17, 15) is 19.4 Å². The number of allylic oxidation sites excluding steroid dienone is 4. The number of carbonyl (C=O) groups is 1. The second-order valence-corrected chi connectivity index (χ2v) is 17.6. The summed E-state index contributed by atoms with van der Waals surface area (Å²) in [5.41, 5.74) is 0. The van der Waals surface area contributed by atoms with Crippen molar-refractivity contribution in [3.63, 3.8) is 0 Å². The molecule has 0 aliphatic heterocycles. The van der Waals surface area contributed by atoms with Crippen molar-refractivity contribution < 1.29 is 43.0 Å². The molecule has 0 spiro atoms. The van der Waals surface area contributed by atoms with Crippen LogP contribution in [0.25, 0.3) is 0 Å². The number of ether oxygens (including phenoxy) is 2. The number of aliphatic hydroxyl groups is 2. The van der Waals surface area contributed by atoms with Crippen molar-refractivity contribution in [2.75, 3.05) is 33.0 Å². The average Bonchev–Trinajstić information content (AvgIpc) is 3.20. The minimum absolute atomic E-state index is 0.0514. The van der Waals surface area contributed by atoms with Gasteiger partial charge in [0.15, 0.2) is 0 Å². The molecule has 0 heterocycles. The Morgan fingerprint density at radius 1 is 0.544 bits per heavy atom. The maximum atomic E-state index is 12.6. The summed E-state index contributed by atoms with van der Waals surface area (Å²) in [6.07, 6.45) is 47.1. The van der Waals surface area contributed by atoms with Crippen LogP contribution in [0.4, 0.5) is 0 Å². The Morgan fingerprint density at radius 3 is 1.40 bits per heavy atom. The predicted octanol–water partition coefficient (Wildman–Crippen LogP) is 13.4. The number of hydrogen-bond donors (Lipinski definition) is 3. The summed E-state index contributed by atoms with van der Waals surface area (Å²) in [4.78, 5) is 22.6. The molecule has 0 aromatic heterocycles. The number of unbranched alkanes of at least 4 members (excludes halogenated alkanes) is 28. The number of aliphatic hydroxyl groups excluding tert-OH is 2. The fourth-order valence-corrected chi connectivity index (χ4v) is 7.53. The first-order valence-electron chi connectivity index (χ1n) is 23.8. The predicted molar refractivity (Wildman–Crippen MR) is 238 cm³/mol. The number of phosphoric ester groups is 1. The van der Waals surface area contributed by atoms with Gasteiger partial charge < -0.3 is 24.6 Å². The molecule has 0 aromatic rings. The molecule has 57 heavy (non-hydrogen) atoms. The summed E-state index contributed by atoms with van der Waals surface area (Å²) in [6, 6.07) is 0. The van der Waals surface area contributed by atoms with Gasteiger partial charge in [0.05, 0.1) is 26.4 Å². The van der Waals surface area contributed by atoms with Crippen LogP contribution in [0.1, 0.15) is 226 Å². The van der Waals surface area contributed by atoms with Crippen molar-refractivity contribution in [1.82, 2.24) is 0 Å². The topological polar surface area (TPSA) is 132 Å². The Hall–Kier alpha value is -1.06. The highest BCUT2D eigenvalue weighted by Gasteiger charge is 2.26. The van der Waals surface area contributed by atoms with E-state index in [1.165, 1.54) is 161 Å². The third-order valence-corrected chi connectivity index (χ3v) is 11.3. The van der Waals surface area contributed by atoms with Gasteiger partial charge in [-0.3, -0.25) is 13.8 Å². The maximum absolute atomic E-state index is 12.6. The highest BCUT2D eigenvalue weighted by molar-refractivity contribution is 7.47. The number of rotatable bonds is 46. The standard InChI is InChI=1S/C47H91O9P/c1-3-5-7-9-11-13-15-17-19-20-21-22-23-24-25-26-28-30-32-34-36-38-40-53-43-46(44-55-57(51,52)54-42-45(49)41-48)56-47(50)39-37-35-33-31-29-27-18-16-14-12-10-8-6-4-2/h15,17,20-21,45-46,48-49H,3-14,16,18-19,22-44H2,1-2H3,(H,51,52)/b17-15-,21-20-. The molecule has 3 atom stereocenters. The van der Waals surface area contributed by atoms with Crippen LogP contribution in [0.5, 0.6) is 0 Å². The van der Waals surface area contributed by atoms with Gasteiger partial charge in [-0.15, -0.1) is 0 Å². The van der Waals surface area contributed by atoms with Crippen LogP contribution in [0.15, 0.2) is 24.3 Å². The summed E-state index contributed by atoms with van der Waals surface area (Å²) in [6.45, 7) is 3.54. The van der Waals surface area contributed by atoms with Crippen LogP contribution < -0.4 is 0 Å². The van der Waals surface area contributed by atoms with Gasteiger partial charge >= 0.3 is 13.8 Å². The van der Waals surface area contributed by atoms with E-state index < -0.39 is 33.2 Å². The van der Waals surface area contributed by atoms with Gasteiger partial charge in [-0.1, -0.05) is 199 Å². The lowest BCUT2D eigenvalue weighted by Gasteiger charge is -2.20. The third-order valence-electron chi connectivity index (χ3n) is 10.4. The number of esters is 1. The highest BCUT2D eigenvalue weighted by atomic mass is 31.2. The monoisotopic (exact) mass is 831 g/mol. The highest BCUT2D eigenvalue weighted by Crippen LogP contribution is 2.43. The van der Waals surface area contributed by atoms with Gasteiger partial charge in [0, 0.05) is 13.0 Å². The van der Waals surface area contributed by atoms with E-state index in [-0.39, 0.29) is 25.6 Å². The van der Waals surface area contributed by atoms with Crippen molar-refractivity contribution in [2.45, 2.75) is 238 Å². The van der Waals surface area contributed by atoms with Crippen molar-refractivity contribution in [3.8, 4) is 0 Å². The Bertz CT molecular complexity index is 944. The molecule has 0 aromatic carbocycles.